The Bertz CT molecular complexity index is 528. The number of rotatable bonds is 7. The van der Waals surface area contributed by atoms with Gasteiger partial charge in [0.05, 0.1) is 0 Å². The minimum absolute atomic E-state index is 0.0631. The number of nitrogen functional groups attached to an aromatic ring is 1. The number of carbonyl (C=O) groups is 2. The summed E-state index contributed by atoms with van der Waals surface area (Å²) in [6.45, 7) is 5.51. The second-order valence-corrected chi connectivity index (χ2v) is 5.61. The first-order chi connectivity index (χ1) is 9.77. The Kier molecular flexibility index (Phi) is 5.66. The summed E-state index contributed by atoms with van der Waals surface area (Å²) in [6, 6.07) is 3.29. The van der Waals surface area contributed by atoms with E-state index in [4.69, 9.17) is 11.6 Å². The summed E-state index contributed by atoms with van der Waals surface area (Å²) in [5, 5.41) is 2.79. The summed E-state index contributed by atoms with van der Waals surface area (Å²) in [6.07, 6.45) is 1.73. The van der Waals surface area contributed by atoms with Crippen molar-refractivity contribution in [3.63, 3.8) is 0 Å². The summed E-state index contributed by atoms with van der Waals surface area (Å²) >= 11 is 0. The van der Waals surface area contributed by atoms with Crippen LogP contribution < -0.4 is 22.3 Å². The molecule has 1 heterocycles. The van der Waals surface area contributed by atoms with Crippen molar-refractivity contribution in [2.45, 2.75) is 45.6 Å². The number of nitrogens with one attached hydrogen (secondary N) is 2. The molecule has 0 spiro atoms. The zero-order valence-corrected chi connectivity index (χ0v) is 12.7. The van der Waals surface area contributed by atoms with E-state index < -0.39 is 11.4 Å². The molecule has 1 aromatic heterocycles. The molecule has 7 nitrogen and oxygen atoms in total. The van der Waals surface area contributed by atoms with E-state index in [0.29, 0.717) is 11.4 Å². The number of primary amides is 1. The maximum atomic E-state index is 12.3. The molecule has 6 N–H and O–H groups in total. The van der Waals surface area contributed by atoms with Crippen molar-refractivity contribution < 1.29 is 9.59 Å². The van der Waals surface area contributed by atoms with Crippen LogP contribution in [0.3, 0.4) is 0 Å². The number of anilines is 1. The molecule has 1 rings (SSSR count). The van der Waals surface area contributed by atoms with E-state index in [1.165, 1.54) is 0 Å². The molecule has 0 aliphatic heterocycles. The maximum Gasteiger partial charge on any atom is 0.251 e. The topological polar surface area (TPSA) is 123 Å². The van der Waals surface area contributed by atoms with Gasteiger partial charge in [0.25, 0.3) is 5.91 Å². The minimum atomic E-state index is -0.715. The van der Waals surface area contributed by atoms with Crippen molar-refractivity contribution in [3.8, 4) is 0 Å². The Hall–Kier alpha value is -2.15. The number of amides is 2. The molecular formula is C14H23N5O2. The van der Waals surface area contributed by atoms with Crippen LogP contribution in [0.25, 0.3) is 0 Å². The molecule has 0 saturated heterocycles. The van der Waals surface area contributed by atoms with Gasteiger partial charge in [-0.3, -0.25) is 9.59 Å². The normalized spacial score (nSPS) is 11.0. The van der Waals surface area contributed by atoms with E-state index in [2.05, 4.69) is 15.7 Å². The third-order valence-corrected chi connectivity index (χ3v) is 2.86. The number of hydrogen-bond acceptors (Lipinski definition) is 5. The van der Waals surface area contributed by atoms with Crippen molar-refractivity contribution in [3.05, 3.63) is 23.4 Å². The SMILES string of the molecule is CCCc1cc(C(=O)NC(C)(C)CC(N)=O)cc(NN)n1. The highest BCUT2D eigenvalue weighted by atomic mass is 16.2. The van der Waals surface area contributed by atoms with Gasteiger partial charge in [-0.1, -0.05) is 13.3 Å². The van der Waals surface area contributed by atoms with Crippen LogP contribution in [0.15, 0.2) is 12.1 Å². The molecule has 0 atom stereocenters. The maximum absolute atomic E-state index is 12.3. The fourth-order valence-corrected chi connectivity index (χ4v) is 2.04. The minimum Gasteiger partial charge on any atom is -0.370 e. The first-order valence-corrected chi connectivity index (χ1v) is 6.86. The molecule has 0 saturated carbocycles. The number of nitrogens with two attached hydrogens (primary N) is 2. The van der Waals surface area contributed by atoms with Crippen LogP contribution in [-0.2, 0) is 11.2 Å². The fraction of sp³-hybridized carbons (Fsp3) is 0.500. The lowest BCUT2D eigenvalue weighted by molar-refractivity contribution is -0.119. The third kappa shape index (κ3) is 5.39. The summed E-state index contributed by atoms with van der Waals surface area (Å²) < 4.78 is 0. The summed E-state index contributed by atoms with van der Waals surface area (Å²) in [5.41, 5.74) is 8.14. The van der Waals surface area contributed by atoms with Crippen LogP contribution in [0.1, 0.15) is 49.7 Å². The van der Waals surface area contributed by atoms with Gasteiger partial charge in [0, 0.05) is 23.2 Å². The number of hydrogen-bond donors (Lipinski definition) is 4. The quantitative estimate of drug-likeness (QED) is 0.435. The molecule has 2 amide bonds. The highest BCUT2D eigenvalue weighted by molar-refractivity contribution is 5.95. The van der Waals surface area contributed by atoms with Gasteiger partial charge in [0.1, 0.15) is 5.82 Å². The Morgan fingerprint density at radius 2 is 2.00 bits per heavy atom. The molecule has 7 heteroatoms. The highest BCUT2D eigenvalue weighted by Crippen LogP contribution is 2.14. The van der Waals surface area contributed by atoms with Crippen molar-refractivity contribution in [1.82, 2.24) is 10.3 Å². The molecular weight excluding hydrogens is 270 g/mol. The second-order valence-electron chi connectivity index (χ2n) is 5.61. The molecule has 0 fully saturated rings. The van der Waals surface area contributed by atoms with Crippen molar-refractivity contribution in [1.29, 1.82) is 0 Å². The predicted octanol–water partition coefficient (Wildman–Crippen LogP) is 0.704. The van der Waals surface area contributed by atoms with E-state index in [9.17, 15) is 9.59 Å². The number of pyridine rings is 1. The van der Waals surface area contributed by atoms with E-state index in [1.54, 1.807) is 26.0 Å². The van der Waals surface area contributed by atoms with E-state index in [0.717, 1.165) is 18.5 Å². The lowest BCUT2D eigenvalue weighted by Gasteiger charge is -2.25. The zero-order valence-electron chi connectivity index (χ0n) is 12.7. The van der Waals surface area contributed by atoms with Gasteiger partial charge in [0.15, 0.2) is 0 Å². The predicted molar refractivity (Wildman–Crippen MR) is 81.4 cm³/mol. The average molecular weight is 293 g/mol. The molecule has 0 aromatic carbocycles. The molecule has 116 valence electrons. The number of carbonyl (C=O) groups excluding carboxylic acids is 2. The number of aromatic nitrogens is 1. The standard InChI is InChI=1S/C14H23N5O2/c1-4-5-10-6-9(7-12(17-10)19-16)13(21)18-14(2,3)8-11(15)20/h6-7H,4-5,8,16H2,1-3H3,(H2,15,20)(H,17,19)(H,18,21). The van der Waals surface area contributed by atoms with Crippen molar-refractivity contribution in [2.24, 2.45) is 11.6 Å². The zero-order chi connectivity index (χ0) is 16.0. The van der Waals surface area contributed by atoms with Crippen molar-refractivity contribution in [2.75, 3.05) is 5.43 Å². The molecule has 1 aromatic rings. The van der Waals surface area contributed by atoms with Crippen LogP contribution in [-0.4, -0.2) is 22.3 Å². The lowest BCUT2D eigenvalue weighted by Crippen LogP contribution is -2.46. The molecule has 21 heavy (non-hydrogen) atoms. The average Bonchev–Trinajstić information content (AvgIpc) is 2.36. The van der Waals surface area contributed by atoms with Crippen molar-refractivity contribution >= 4 is 17.6 Å². The lowest BCUT2D eigenvalue weighted by atomic mass is 9.99. The molecule has 0 aliphatic rings. The van der Waals surface area contributed by atoms with Gasteiger partial charge in [-0.2, -0.15) is 0 Å². The Morgan fingerprint density at radius 3 is 2.52 bits per heavy atom. The van der Waals surface area contributed by atoms with Gasteiger partial charge in [-0.15, -0.1) is 0 Å². The Labute approximate surface area is 124 Å². The first kappa shape index (κ1) is 16.9. The molecule has 0 radical (unpaired) electrons. The van der Waals surface area contributed by atoms with Gasteiger partial charge in [-0.05, 0) is 32.4 Å². The molecule has 0 unspecified atom stereocenters. The summed E-state index contributed by atoms with van der Waals surface area (Å²) in [7, 11) is 0. The number of aryl methyl sites for hydroxylation is 1. The largest absolute Gasteiger partial charge is 0.370 e. The van der Waals surface area contributed by atoms with Gasteiger partial charge < -0.3 is 16.5 Å². The molecule has 0 bridgehead atoms. The monoisotopic (exact) mass is 293 g/mol. The van der Waals surface area contributed by atoms with Crippen LogP contribution in [0.2, 0.25) is 0 Å². The van der Waals surface area contributed by atoms with Gasteiger partial charge in [0.2, 0.25) is 5.91 Å². The van der Waals surface area contributed by atoms with Crippen LogP contribution >= 0.6 is 0 Å². The molecule has 0 aliphatic carbocycles. The Balaban J connectivity index is 2.95. The first-order valence-electron chi connectivity index (χ1n) is 6.86. The van der Waals surface area contributed by atoms with Gasteiger partial charge >= 0.3 is 0 Å². The van der Waals surface area contributed by atoms with Crippen LogP contribution in [0.4, 0.5) is 5.82 Å². The van der Waals surface area contributed by atoms with E-state index in [1.807, 2.05) is 6.92 Å². The number of nitrogens with zero attached hydrogens (tertiary/aromatic N) is 1. The van der Waals surface area contributed by atoms with E-state index in [-0.39, 0.29) is 12.3 Å². The van der Waals surface area contributed by atoms with Gasteiger partial charge in [-0.25, -0.2) is 10.8 Å². The van der Waals surface area contributed by atoms with E-state index >= 15 is 0 Å². The number of hydrazine groups is 1. The van der Waals surface area contributed by atoms with Crippen LogP contribution in [0.5, 0.6) is 0 Å². The summed E-state index contributed by atoms with van der Waals surface area (Å²) in [5.74, 6) is 5.04. The van der Waals surface area contributed by atoms with Crippen LogP contribution in [0, 0.1) is 0 Å². The second kappa shape index (κ2) is 7.03. The smallest absolute Gasteiger partial charge is 0.251 e. The Morgan fingerprint density at radius 1 is 1.33 bits per heavy atom. The third-order valence-electron chi connectivity index (χ3n) is 2.86. The summed E-state index contributed by atoms with van der Waals surface area (Å²) in [4.78, 5) is 27.6. The highest BCUT2D eigenvalue weighted by Gasteiger charge is 2.24. The fourth-order valence-electron chi connectivity index (χ4n) is 2.04.